The fourth-order valence-corrected chi connectivity index (χ4v) is 3.29. The quantitative estimate of drug-likeness (QED) is 0.390. The molecule has 0 amide bonds. The van der Waals surface area contributed by atoms with Crippen molar-refractivity contribution in [3.63, 3.8) is 0 Å². The first-order valence-corrected chi connectivity index (χ1v) is 9.13. The van der Waals surface area contributed by atoms with Crippen LogP contribution in [0.4, 0.5) is 24.8 Å². The smallest absolute Gasteiger partial charge is 0.322 e. The van der Waals surface area contributed by atoms with Gasteiger partial charge in [0.1, 0.15) is 5.82 Å². The second kappa shape index (κ2) is 6.84. The number of benzene rings is 3. The molecule has 5 nitrogen and oxygen atoms in total. The third-order valence-corrected chi connectivity index (χ3v) is 4.76. The Hall–Kier alpha value is -3.94. The molecular weight excluding hydrogens is 391 g/mol. The second-order valence-corrected chi connectivity index (χ2v) is 6.73. The van der Waals surface area contributed by atoms with E-state index in [2.05, 4.69) is 25.5 Å². The average molecular weight is 405 g/mol. The van der Waals surface area contributed by atoms with Gasteiger partial charge in [0.25, 0.3) is 0 Å². The summed E-state index contributed by atoms with van der Waals surface area (Å²) < 4.78 is 39.5. The Kier molecular flexibility index (Phi) is 4.13. The lowest BCUT2D eigenvalue weighted by atomic mass is 10.1. The fourth-order valence-electron chi connectivity index (χ4n) is 3.29. The van der Waals surface area contributed by atoms with Gasteiger partial charge in [-0.25, -0.2) is 9.97 Å². The van der Waals surface area contributed by atoms with Crippen LogP contribution in [0.2, 0.25) is 0 Å². The third kappa shape index (κ3) is 3.22. The first-order chi connectivity index (χ1) is 14.5. The van der Waals surface area contributed by atoms with E-state index < -0.39 is 11.7 Å². The highest BCUT2D eigenvalue weighted by Gasteiger charge is 2.31. The number of fused-ring (bicyclic) bond motifs is 2. The highest BCUT2D eigenvalue weighted by atomic mass is 19.4. The normalized spacial score (nSPS) is 11.8. The van der Waals surface area contributed by atoms with Crippen LogP contribution >= 0.6 is 0 Å². The van der Waals surface area contributed by atoms with Gasteiger partial charge in [-0.05, 0) is 30.3 Å². The zero-order valence-corrected chi connectivity index (χ0v) is 15.4. The van der Waals surface area contributed by atoms with E-state index in [0.29, 0.717) is 28.1 Å². The van der Waals surface area contributed by atoms with Gasteiger partial charge in [0.2, 0.25) is 0 Å². The molecule has 3 aromatic carbocycles. The predicted octanol–water partition coefficient (Wildman–Crippen LogP) is 5.94. The minimum Gasteiger partial charge on any atom is -0.322 e. The summed E-state index contributed by atoms with van der Waals surface area (Å²) in [6.07, 6.45) is -4.44. The van der Waals surface area contributed by atoms with Crippen molar-refractivity contribution in [1.29, 1.82) is 0 Å². The zero-order valence-electron chi connectivity index (χ0n) is 15.4. The molecule has 2 aromatic heterocycles. The Labute approximate surface area is 168 Å². The number of hydrogen-bond acceptors (Lipinski definition) is 4. The molecule has 148 valence electrons. The summed E-state index contributed by atoms with van der Waals surface area (Å²) in [6, 6.07) is 20.4. The summed E-state index contributed by atoms with van der Waals surface area (Å²) in [5.74, 6) is 1.23. The van der Waals surface area contributed by atoms with Crippen LogP contribution < -0.4 is 5.32 Å². The molecule has 0 atom stereocenters. The van der Waals surface area contributed by atoms with E-state index >= 15 is 0 Å². The number of alkyl halides is 3. The molecule has 0 bridgehead atoms. The van der Waals surface area contributed by atoms with Crippen molar-refractivity contribution in [2.24, 2.45) is 0 Å². The maximum Gasteiger partial charge on any atom is 0.416 e. The number of para-hydroxylation sites is 1. The van der Waals surface area contributed by atoms with Crippen molar-refractivity contribution < 1.29 is 13.2 Å². The van der Waals surface area contributed by atoms with Gasteiger partial charge >= 0.3 is 6.18 Å². The molecule has 0 saturated heterocycles. The minimum absolute atomic E-state index is 0.263. The lowest BCUT2D eigenvalue weighted by molar-refractivity contribution is -0.137. The molecule has 0 aliphatic rings. The van der Waals surface area contributed by atoms with E-state index in [1.807, 2.05) is 54.6 Å². The summed E-state index contributed by atoms with van der Waals surface area (Å²) in [5.41, 5.74) is 1.30. The molecule has 30 heavy (non-hydrogen) atoms. The first kappa shape index (κ1) is 18.1. The van der Waals surface area contributed by atoms with Crippen LogP contribution in [0, 0.1) is 0 Å². The molecule has 2 N–H and O–H groups in total. The number of aromatic nitrogens is 4. The van der Waals surface area contributed by atoms with Gasteiger partial charge < -0.3 is 5.32 Å². The van der Waals surface area contributed by atoms with E-state index in [1.165, 1.54) is 6.07 Å². The van der Waals surface area contributed by atoms with E-state index in [9.17, 15) is 13.2 Å². The highest BCUT2D eigenvalue weighted by molar-refractivity contribution is 5.97. The number of rotatable bonds is 3. The fraction of sp³-hybridized carbons (Fsp3) is 0.0455. The van der Waals surface area contributed by atoms with Gasteiger partial charge in [-0.3, -0.25) is 5.10 Å². The van der Waals surface area contributed by atoms with Gasteiger partial charge in [0.15, 0.2) is 11.6 Å². The van der Waals surface area contributed by atoms with Gasteiger partial charge in [-0.1, -0.05) is 42.5 Å². The summed E-state index contributed by atoms with van der Waals surface area (Å²) in [5, 5.41) is 11.1. The lowest BCUT2D eigenvalue weighted by Crippen LogP contribution is -2.04. The molecule has 8 heteroatoms. The van der Waals surface area contributed by atoms with Gasteiger partial charge in [-0.15, -0.1) is 0 Å². The molecule has 0 aliphatic heterocycles. The van der Waals surface area contributed by atoms with Crippen molar-refractivity contribution in [2.75, 3.05) is 5.32 Å². The molecule has 0 radical (unpaired) electrons. The summed E-state index contributed by atoms with van der Waals surface area (Å²) in [4.78, 5) is 9.24. The summed E-state index contributed by atoms with van der Waals surface area (Å²) in [6.45, 7) is 0. The molecule has 0 fully saturated rings. The van der Waals surface area contributed by atoms with Gasteiger partial charge in [0.05, 0.1) is 16.6 Å². The van der Waals surface area contributed by atoms with E-state index in [-0.39, 0.29) is 5.82 Å². The maximum absolute atomic E-state index is 13.2. The SMILES string of the molecule is FC(F)(F)c1ccc2[nH]nc(Nc3nc(-c4ccccc4)nc4ccccc34)c2c1. The molecule has 0 unspecified atom stereocenters. The number of aromatic amines is 1. The van der Waals surface area contributed by atoms with Crippen molar-refractivity contribution in [1.82, 2.24) is 20.2 Å². The number of hydrogen-bond donors (Lipinski definition) is 2. The number of nitrogens with zero attached hydrogens (tertiary/aromatic N) is 3. The Morgan fingerprint density at radius 1 is 0.767 bits per heavy atom. The standard InChI is InChI=1S/C22H14F3N5/c23-22(24,25)14-10-11-18-16(12-14)21(30-29-18)28-20-15-8-4-5-9-17(15)26-19(27-20)13-6-2-1-3-7-13/h1-12H,(H2,26,27,28,29,30). The molecule has 5 aromatic rings. The number of halogens is 3. The third-order valence-electron chi connectivity index (χ3n) is 4.76. The monoisotopic (exact) mass is 405 g/mol. The lowest BCUT2D eigenvalue weighted by Gasteiger charge is -2.10. The predicted molar refractivity (Wildman–Crippen MR) is 109 cm³/mol. The number of nitrogens with one attached hydrogen (secondary N) is 2. The Morgan fingerprint density at radius 3 is 2.33 bits per heavy atom. The topological polar surface area (TPSA) is 66.5 Å². The minimum atomic E-state index is -4.44. The van der Waals surface area contributed by atoms with Crippen LogP contribution in [0.3, 0.4) is 0 Å². The van der Waals surface area contributed by atoms with E-state index in [1.54, 1.807) is 0 Å². The molecular formula is C22H14F3N5. The molecule has 0 aliphatic carbocycles. The Bertz CT molecular complexity index is 1360. The van der Waals surface area contributed by atoms with Crippen LogP contribution in [0.15, 0.2) is 72.8 Å². The summed E-state index contributed by atoms with van der Waals surface area (Å²) in [7, 11) is 0. The van der Waals surface area contributed by atoms with E-state index in [0.717, 1.165) is 23.1 Å². The van der Waals surface area contributed by atoms with Crippen LogP contribution in [0.5, 0.6) is 0 Å². The highest BCUT2D eigenvalue weighted by Crippen LogP contribution is 2.34. The second-order valence-electron chi connectivity index (χ2n) is 6.73. The van der Waals surface area contributed by atoms with Crippen LogP contribution in [-0.4, -0.2) is 20.2 Å². The van der Waals surface area contributed by atoms with E-state index in [4.69, 9.17) is 0 Å². The zero-order chi connectivity index (χ0) is 20.7. The molecule has 5 rings (SSSR count). The first-order valence-electron chi connectivity index (χ1n) is 9.13. The maximum atomic E-state index is 13.2. The van der Waals surface area contributed by atoms with Crippen molar-refractivity contribution >= 4 is 33.4 Å². The van der Waals surface area contributed by atoms with Crippen molar-refractivity contribution in [2.45, 2.75) is 6.18 Å². The molecule has 0 spiro atoms. The van der Waals surface area contributed by atoms with Gasteiger partial charge in [0, 0.05) is 16.3 Å². The van der Waals surface area contributed by atoms with Crippen LogP contribution in [-0.2, 0) is 6.18 Å². The largest absolute Gasteiger partial charge is 0.416 e. The number of anilines is 2. The Balaban J connectivity index is 1.65. The average Bonchev–Trinajstić information content (AvgIpc) is 3.16. The molecule has 2 heterocycles. The van der Waals surface area contributed by atoms with Crippen molar-refractivity contribution in [3.05, 3.63) is 78.4 Å². The number of H-pyrrole nitrogens is 1. The summed E-state index contributed by atoms with van der Waals surface area (Å²) >= 11 is 0. The van der Waals surface area contributed by atoms with Crippen LogP contribution in [0.1, 0.15) is 5.56 Å². The molecule has 0 saturated carbocycles. The van der Waals surface area contributed by atoms with Gasteiger partial charge in [-0.2, -0.15) is 18.3 Å². The Morgan fingerprint density at radius 2 is 1.53 bits per heavy atom. The van der Waals surface area contributed by atoms with Crippen molar-refractivity contribution in [3.8, 4) is 11.4 Å². The van der Waals surface area contributed by atoms with Crippen LogP contribution in [0.25, 0.3) is 33.2 Å².